The summed E-state index contributed by atoms with van der Waals surface area (Å²) in [7, 11) is 0. The number of likely N-dealkylation sites (tertiary alicyclic amines) is 1. The number of aryl methyl sites for hydroxylation is 1. The van der Waals surface area contributed by atoms with E-state index in [9.17, 15) is 9.59 Å². The fourth-order valence-electron chi connectivity index (χ4n) is 4.74. The molecule has 1 aromatic carbocycles. The average molecular weight is 497 g/mol. The first kappa shape index (κ1) is 25.5. The van der Waals surface area contributed by atoms with Crippen molar-refractivity contribution in [3.8, 4) is 0 Å². The number of amides is 1. The van der Waals surface area contributed by atoms with Crippen LogP contribution in [0.5, 0.6) is 0 Å². The van der Waals surface area contributed by atoms with E-state index in [4.69, 9.17) is 9.73 Å². The molecule has 1 amide bonds. The van der Waals surface area contributed by atoms with Crippen molar-refractivity contribution in [1.29, 1.82) is 0 Å². The molecule has 4 rings (SSSR count). The maximum Gasteiger partial charge on any atom is 0.338 e. The number of thioether (sulfide) groups is 1. The Morgan fingerprint density at radius 2 is 1.86 bits per heavy atom. The lowest BCUT2D eigenvalue weighted by atomic mass is 9.93. The van der Waals surface area contributed by atoms with Gasteiger partial charge in [0.05, 0.1) is 29.8 Å². The number of aliphatic imine (C=N–C) groups is 1. The van der Waals surface area contributed by atoms with Crippen molar-refractivity contribution in [1.82, 2.24) is 15.1 Å². The summed E-state index contributed by atoms with van der Waals surface area (Å²) < 4.78 is 5.61. The van der Waals surface area contributed by atoms with Crippen LogP contribution in [0.2, 0.25) is 0 Å². The number of allylic oxidation sites excluding steroid dienone is 1. The van der Waals surface area contributed by atoms with E-state index in [1.165, 1.54) is 31.0 Å². The van der Waals surface area contributed by atoms with Crippen LogP contribution in [0.1, 0.15) is 63.6 Å². The van der Waals surface area contributed by atoms with Gasteiger partial charge in [-0.05, 0) is 64.6 Å². The van der Waals surface area contributed by atoms with Crippen LogP contribution in [0.4, 0.5) is 0 Å². The van der Waals surface area contributed by atoms with Crippen molar-refractivity contribution in [2.75, 3.05) is 26.2 Å². The summed E-state index contributed by atoms with van der Waals surface area (Å²) in [4.78, 5) is 35.2. The summed E-state index contributed by atoms with van der Waals surface area (Å²) in [5.74, 6) is -0.386. The molecule has 3 aliphatic heterocycles. The summed E-state index contributed by atoms with van der Waals surface area (Å²) in [5.41, 5.74) is 4.13. The highest BCUT2D eigenvalue weighted by Crippen LogP contribution is 2.44. The Hall–Kier alpha value is -2.58. The lowest BCUT2D eigenvalue weighted by Gasteiger charge is -2.36. The molecular weight excluding hydrogens is 460 g/mol. The smallest absolute Gasteiger partial charge is 0.338 e. The number of nitrogens with zero attached hydrogens (tertiary/aromatic N) is 3. The van der Waals surface area contributed by atoms with E-state index in [0.29, 0.717) is 17.8 Å². The van der Waals surface area contributed by atoms with Gasteiger partial charge >= 0.3 is 5.97 Å². The molecule has 3 heterocycles. The van der Waals surface area contributed by atoms with E-state index >= 15 is 0 Å². The second kappa shape index (κ2) is 11.4. The Balaban J connectivity index is 1.52. The van der Waals surface area contributed by atoms with Gasteiger partial charge in [-0.3, -0.25) is 4.79 Å². The van der Waals surface area contributed by atoms with Crippen molar-refractivity contribution < 1.29 is 14.3 Å². The number of carbonyl (C=O) groups is 2. The minimum atomic E-state index is -0.392. The second-order valence-electron chi connectivity index (χ2n) is 9.69. The average Bonchev–Trinajstić information content (AvgIpc) is 3.20. The van der Waals surface area contributed by atoms with Crippen molar-refractivity contribution in [2.24, 2.45) is 4.99 Å². The van der Waals surface area contributed by atoms with E-state index in [-0.39, 0.29) is 24.4 Å². The van der Waals surface area contributed by atoms with Crippen molar-refractivity contribution in [2.45, 2.75) is 65.5 Å². The number of piperidine rings is 1. The fraction of sp³-hybridized carbons (Fsp3) is 0.519. The Morgan fingerprint density at radius 1 is 1.14 bits per heavy atom. The van der Waals surface area contributed by atoms with Gasteiger partial charge in [0.1, 0.15) is 0 Å². The van der Waals surface area contributed by atoms with Gasteiger partial charge in [0.2, 0.25) is 5.91 Å². The molecule has 188 valence electrons. The number of fused-ring (bicyclic) bond motifs is 1. The largest absolute Gasteiger partial charge is 0.459 e. The molecule has 0 spiro atoms. The number of carbonyl (C=O) groups excluding carboxylic acids is 2. The first-order valence-corrected chi connectivity index (χ1v) is 13.4. The van der Waals surface area contributed by atoms with Crippen LogP contribution in [-0.4, -0.2) is 59.1 Å². The van der Waals surface area contributed by atoms with Gasteiger partial charge in [0.15, 0.2) is 5.17 Å². The van der Waals surface area contributed by atoms with Gasteiger partial charge in [0.25, 0.3) is 0 Å². The third kappa shape index (κ3) is 6.16. The Morgan fingerprint density at radius 3 is 2.54 bits per heavy atom. The van der Waals surface area contributed by atoms with Crippen LogP contribution >= 0.6 is 11.8 Å². The van der Waals surface area contributed by atoms with Crippen molar-refractivity contribution >= 4 is 28.8 Å². The summed E-state index contributed by atoms with van der Waals surface area (Å²) in [5, 5.41) is 5.85. The third-order valence-electron chi connectivity index (χ3n) is 6.50. The van der Waals surface area contributed by atoms with Crippen LogP contribution in [-0.2, 0) is 14.3 Å². The number of rotatable bonds is 8. The summed E-state index contributed by atoms with van der Waals surface area (Å²) in [6.07, 6.45) is 3.78. The molecule has 0 radical (unpaired) electrons. The molecule has 8 heteroatoms. The number of hydrogen-bond acceptors (Lipinski definition) is 7. The van der Waals surface area contributed by atoms with E-state index in [2.05, 4.69) is 10.2 Å². The molecule has 0 aromatic heterocycles. The van der Waals surface area contributed by atoms with Crippen LogP contribution in [0.3, 0.4) is 0 Å². The molecule has 35 heavy (non-hydrogen) atoms. The van der Waals surface area contributed by atoms with Crippen molar-refractivity contribution in [3.05, 3.63) is 57.8 Å². The van der Waals surface area contributed by atoms with Crippen LogP contribution in [0.25, 0.3) is 0 Å². The minimum absolute atomic E-state index is 0.0182. The van der Waals surface area contributed by atoms with E-state index in [1.807, 2.05) is 62.3 Å². The van der Waals surface area contributed by atoms with Gasteiger partial charge in [-0.25, -0.2) is 9.79 Å². The lowest BCUT2D eigenvalue weighted by Crippen LogP contribution is -2.40. The number of hydrogen-bond donors (Lipinski definition) is 1. The first-order valence-electron chi connectivity index (χ1n) is 12.5. The molecule has 1 aromatic rings. The zero-order chi connectivity index (χ0) is 24.9. The van der Waals surface area contributed by atoms with Gasteiger partial charge in [-0.15, -0.1) is 0 Å². The summed E-state index contributed by atoms with van der Waals surface area (Å²) in [6.45, 7) is 11.3. The van der Waals surface area contributed by atoms with Gasteiger partial charge < -0.3 is 19.9 Å². The number of benzene rings is 1. The summed E-state index contributed by atoms with van der Waals surface area (Å²) in [6, 6.07) is 7.77. The number of nitrogens with one attached hydrogen (secondary N) is 1. The number of amidine groups is 1. The zero-order valence-corrected chi connectivity index (χ0v) is 22.0. The van der Waals surface area contributed by atoms with Crippen LogP contribution in [0.15, 0.2) is 51.6 Å². The first-order chi connectivity index (χ1) is 16.8. The molecule has 7 nitrogen and oxygen atoms in total. The van der Waals surface area contributed by atoms with E-state index in [0.717, 1.165) is 41.6 Å². The Bertz CT molecular complexity index is 1040. The molecule has 1 N–H and O–H groups in total. The monoisotopic (exact) mass is 496 g/mol. The SMILES string of the molecule is CC1=C(C(=O)OC(C)C)[C@@H](c2ccc(C)cc2)N2C(CC(=O)NCCN3CCCCC3)=CSC2=N1. The fourth-order valence-corrected chi connectivity index (χ4v) is 5.70. The number of ether oxygens (including phenoxy) is 1. The standard InChI is InChI=1S/C27H36N4O3S/c1-18(2)34-26(33)24-20(4)29-27-31(25(24)21-10-8-19(3)9-11-21)22(17-35-27)16-23(32)28-12-15-30-13-6-5-7-14-30/h8-11,17-18,25H,5-7,12-16H2,1-4H3,(H,28,32)/t25-/m1/s1. The maximum absolute atomic E-state index is 13.2. The lowest BCUT2D eigenvalue weighted by molar-refractivity contribution is -0.143. The highest BCUT2D eigenvalue weighted by molar-refractivity contribution is 8.16. The zero-order valence-electron chi connectivity index (χ0n) is 21.2. The number of esters is 1. The Kier molecular flexibility index (Phi) is 8.34. The predicted molar refractivity (Wildman–Crippen MR) is 141 cm³/mol. The Labute approximate surface area is 212 Å². The highest BCUT2D eigenvalue weighted by Gasteiger charge is 2.41. The van der Waals surface area contributed by atoms with Crippen molar-refractivity contribution in [3.63, 3.8) is 0 Å². The minimum Gasteiger partial charge on any atom is -0.459 e. The molecule has 1 saturated heterocycles. The molecule has 1 fully saturated rings. The molecule has 3 aliphatic rings. The van der Waals surface area contributed by atoms with E-state index in [1.54, 1.807) is 0 Å². The quantitative estimate of drug-likeness (QED) is 0.534. The maximum atomic E-state index is 13.2. The predicted octanol–water partition coefficient (Wildman–Crippen LogP) is 4.51. The molecule has 0 saturated carbocycles. The summed E-state index contributed by atoms with van der Waals surface area (Å²) >= 11 is 1.50. The van der Waals surface area contributed by atoms with Crippen LogP contribution < -0.4 is 5.32 Å². The van der Waals surface area contributed by atoms with Crippen LogP contribution in [0, 0.1) is 6.92 Å². The van der Waals surface area contributed by atoms with Gasteiger partial charge in [-0.2, -0.15) is 0 Å². The molecular formula is C27H36N4O3S. The topological polar surface area (TPSA) is 74.2 Å². The molecule has 0 aliphatic carbocycles. The van der Waals surface area contributed by atoms with E-state index < -0.39 is 6.04 Å². The normalized spacial score (nSPS) is 20.5. The van der Waals surface area contributed by atoms with Gasteiger partial charge in [-0.1, -0.05) is 48.0 Å². The second-order valence-corrected chi connectivity index (χ2v) is 10.5. The molecule has 0 bridgehead atoms. The third-order valence-corrected chi connectivity index (χ3v) is 7.39. The molecule has 0 unspecified atom stereocenters. The highest BCUT2D eigenvalue weighted by atomic mass is 32.2. The van der Waals surface area contributed by atoms with Gasteiger partial charge in [0, 0.05) is 18.8 Å². The molecule has 1 atom stereocenters.